The fraction of sp³-hybridized carbons (Fsp3) is 0.520. The number of hydrogen-bond acceptors (Lipinski definition) is 4. The number of aliphatic hydroxyl groups excluding tert-OH is 4. The van der Waals surface area contributed by atoms with Crippen molar-refractivity contribution in [1.82, 2.24) is 0 Å². The lowest BCUT2D eigenvalue weighted by Crippen LogP contribution is -2.18. The zero-order valence-electron chi connectivity index (χ0n) is 18.3. The van der Waals surface area contributed by atoms with Gasteiger partial charge in [-0.3, -0.25) is 0 Å². The molecule has 0 amide bonds. The van der Waals surface area contributed by atoms with E-state index in [2.05, 4.69) is 0 Å². The Morgan fingerprint density at radius 1 is 0.636 bits per heavy atom. The van der Waals surface area contributed by atoms with Gasteiger partial charge >= 0.3 is 0 Å². The van der Waals surface area contributed by atoms with Crippen LogP contribution in [0.15, 0.2) is 36.4 Å². The second-order valence-electron chi connectivity index (χ2n) is 7.64. The van der Waals surface area contributed by atoms with Crippen molar-refractivity contribution < 1.29 is 20.4 Å². The summed E-state index contributed by atoms with van der Waals surface area (Å²) in [4.78, 5) is 0. The molecule has 0 spiro atoms. The van der Waals surface area contributed by atoms with Gasteiger partial charge in [0.05, 0.1) is 12.2 Å². The Kier molecular flexibility index (Phi) is 16.7. The van der Waals surface area contributed by atoms with Gasteiger partial charge in [0.25, 0.3) is 0 Å². The van der Waals surface area contributed by atoms with Crippen LogP contribution in [0.2, 0.25) is 20.1 Å². The van der Waals surface area contributed by atoms with E-state index in [0.717, 1.165) is 25.7 Å². The molecule has 0 radical (unpaired) electrons. The first kappa shape index (κ1) is 32.4. The number of rotatable bonds is 10. The van der Waals surface area contributed by atoms with Gasteiger partial charge in [-0.15, -0.1) is 0 Å². The van der Waals surface area contributed by atoms with Crippen LogP contribution < -0.4 is 0 Å². The van der Waals surface area contributed by atoms with Crippen LogP contribution in [-0.2, 0) is 0 Å². The lowest BCUT2D eigenvalue weighted by atomic mass is 10.0. The topological polar surface area (TPSA) is 80.9 Å². The minimum Gasteiger partial charge on any atom is -0.390 e. The lowest BCUT2D eigenvalue weighted by Gasteiger charge is -2.19. The van der Waals surface area contributed by atoms with Gasteiger partial charge in [0.1, 0.15) is 12.2 Å². The van der Waals surface area contributed by atoms with Crippen molar-refractivity contribution in [2.75, 3.05) is 0 Å². The van der Waals surface area contributed by atoms with E-state index < -0.39 is 24.4 Å². The highest BCUT2D eigenvalue weighted by Gasteiger charge is 2.21. The Hall–Kier alpha value is -0.560. The fourth-order valence-electron chi connectivity index (χ4n) is 3.04. The summed E-state index contributed by atoms with van der Waals surface area (Å²) in [5, 5.41) is 41.1. The summed E-state index contributed by atoms with van der Waals surface area (Å²) in [5.41, 5.74) is 1.05. The van der Waals surface area contributed by atoms with E-state index >= 15 is 0 Å². The number of hydrogen-bond donors (Lipinski definition) is 4. The highest BCUT2D eigenvalue weighted by atomic mass is 35.5. The summed E-state index contributed by atoms with van der Waals surface area (Å²) in [6.07, 6.45) is 1.40. The molecule has 0 saturated carbocycles. The molecule has 0 fully saturated rings. The molecule has 4 nitrogen and oxygen atoms in total. The molecule has 188 valence electrons. The standard InChI is InChI=1S/2C12H16Cl2O2.CH4/c2*1-2-3-4-11(15)12(16)9-6-5-8(13)7-10(9)14;/h2*5-7,11-12,15-16H,2-4H2,1H3;1H4/t2*11-,12-;/m10./s1. The van der Waals surface area contributed by atoms with Gasteiger partial charge in [-0.05, 0) is 37.1 Å². The first-order valence-electron chi connectivity index (χ1n) is 10.7. The highest BCUT2D eigenvalue weighted by Crippen LogP contribution is 2.30. The minimum atomic E-state index is -0.948. The maximum atomic E-state index is 9.91. The van der Waals surface area contributed by atoms with Crippen LogP contribution in [0.1, 0.15) is 83.1 Å². The predicted octanol–water partition coefficient (Wildman–Crippen LogP) is 7.79. The van der Waals surface area contributed by atoms with Crippen molar-refractivity contribution in [2.45, 2.75) is 84.2 Å². The van der Waals surface area contributed by atoms with Crippen LogP contribution >= 0.6 is 46.4 Å². The maximum absolute atomic E-state index is 9.91. The molecule has 0 unspecified atom stereocenters. The first-order chi connectivity index (χ1) is 15.1. The largest absolute Gasteiger partial charge is 0.390 e. The summed E-state index contributed by atoms with van der Waals surface area (Å²) < 4.78 is 0. The minimum absolute atomic E-state index is 0. The molecule has 0 aromatic heterocycles. The first-order valence-corrected chi connectivity index (χ1v) is 12.3. The predicted molar refractivity (Wildman–Crippen MR) is 141 cm³/mol. The maximum Gasteiger partial charge on any atom is 0.106 e. The van der Waals surface area contributed by atoms with E-state index in [1.807, 2.05) is 13.8 Å². The van der Waals surface area contributed by atoms with Crippen molar-refractivity contribution >= 4 is 46.4 Å². The molecule has 4 atom stereocenters. The third-order valence-electron chi connectivity index (χ3n) is 5.00. The van der Waals surface area contributed by atoms with Crippen LogP contribution in [0.5, 0.6) is 0 Å². The molecule has 2 rings (SSSR count). The Bertz CT molecular complexity index is 751. The van der Waals surface area contributed by atoms with Crippen molar-refractivity contribution in [1.29, 1.82) is 0 Å². The van der Waals surface area contributed by atoms with Gasteiger partial charge in [-0.1, -0.05) is 105 Å². The smallest absolute Gasteiger partial charge is 0.106 e. The number of halogens is 4. The van der Waals surface area contributed by atoms with Gasteiger partial charge in [0.15, 0.2) is 0 Å². The van der Waals surface area contributed by atoms with Crippen molar-refractivity contribution in [3.05, 3.63) is 67.6 Å². The van der Waals surface area contributed by atoms with Crippen LogP contribution in [0.3, 0.4) is 0 Å². The van der Waals surface area contributed by atoms with E-state index in [-0.39, 0.29) is 7.43 Å². The Morgan fingerprint density at radius 2 is 0.970 bits per heavy atom. The molecule has 2 aromatic rings. The van der Waals surface area contributed by atoms with Crippen LogP contribution in [0.4, 0.5) is 0 Å². The van der Waals surface area contributed by atoms with Gasteiger partial charge in [0, 0.05) is 31.2 Å². The van der Waals surface area contributed by atoms with Crippen molar-refractivity contribution in [3.63, 3.8) is 0 Å². The Morgan fingerprint density at radius 3 is 1.24 bits per heavy atom. The summed E-state index contributed by atoms with van der Waals surface area (Å²) in [6.45, 7) is 4.07. The molecular formula is C25H36Cl4O4. The molecule has 2 aromatic carbocycles. The molecule has 33 heavy (non-hydrogen) atoms. The zero-order valence-corrected chi connectivity index (χ0v) is 21.3. The number of benzene rings is 2. The van der Waals surface area contributed by atoms with Crippen molar-refractivity contribution in [3.8, 4) is 0 Å². The average Bonchev–Trinajstić information content (AvgIpc) is 2.75. The summed E-state index contributed by atoms with van der Waals surface area (Å²) >= 11 is 23.4. The van der Waals surface area contributed by atoms with E-state index in [1.165, 1.54) is 0 Å². The highest BCUT2D eigenvalue weighted by molar-refractivity contribution is 6.35. The summed E-state index contributed by atoms with van der Waals surface area (Å²) in [5.74, 6) is 0. The van der Waals surface area contributed by atoms with Gasteiger partial charge in [0.2, 0.25) is 0 Å². The molecule has 0 aliphatic carbocycles. The lowest BCUT2D eigenvalue weighted by molar-refractivity contribution is 0.0123. The zero-order chi connectivity index (χ0) is 24.3. The molecule has 0 heterocycles. The SMILES string of the molecule is C.CCCC[C@@H](O)[C@H](O)c1ccc(Cl)cc1Cl.CCCC[C@H](O)[C@@H](O)c1ccc(Cl)cc1Cl. The molecule has 4 N–H and O–H groups in total. The third-order valence-corrected chi connectivity index (χ3v) is 6.12. The van der Waals surface area contributed by atoms with Gasteiger partial charge in [-0.2, -0.15) is 0 Å². The molecule has 0 aliphatic rings. The van der Waals surface area contributed by atoms with E-state index in [4.69, 9.17) is 46.4 Å². The molecule has 0 bridgehead atoms. The van der Waals surface area contributed by atoms with Gasteiger partial charge < -0.3 is 20.4 Å². The molecule has 0 saturated heterocycles. The Balaban J connectivity index is 0.000000602. The van der Waals surface area contributed by atoms with E-state index in [0.29, 0.717) is 44.1 Å². The average molecular weight is 542 g/mol. The van der Waals surface area contributed by atoms with Crippen LogP contribution in [0.25, 0.3) is 0 Å². The third kappa shape index (κ3) is 11.1. The molecular weight excluding hydrogens is 506 g/mol. The Labute approximate surface area is 218 Å². The quantitative estimate of drug-likeness (QED) is 0.247. The summed E-state index contributed by atoms with van der Waals surface area (Å²) in [6, 6.07) is 9.72. The van der Waals surface area contributed by atoms with Crippen LogP contribution in [-0.4, -0.2) is 32.6 Å². The number of unbranched alkanes of at least 4 members (excludes halogenated alkanes) is 2. The van der Waals surface area contributed by atoms with Crippen molar-refractivity contribution in [2.24, 2.45) is 0 Å². The summed E-state index contributed by atoms with van der Waals surface area (Å²) in [7, 11) is 0. The second-order valence-corrected chi connectivity index (χ2v) is 9.33. The monoisotopic (exact) mass is 540 g/mol. The van der Waals surface area contributed by atoms with Gasteiger partial charge in [-0.25, -0.2) is 0 Å². The second kappa shape index (κ2) is 17.0. The molecule has 0 aliphatic heterocycles. The fourth-order valence-corrected chi connectivity index (χ4v) is 4.08. The van der Waals surface area contributed by atoms with E-state index in [1.54, 1.807) is 36.4 Å². The van der Waals surface area contributed by atoms with Crippen LogP contribution in [0, 0.1) is 0 Å². The normalized spacial score (nSPS) is 14.4. The number of aliphatic hydroxyl groups is 4. The molecule has 8 heteroatoms. The van der Waals surface area contributed by atoms with E-state index in [9.17, 15) is 20.4 Å².